The van der Waals surface area contributed by atoms with Crippen molar-refractivity contribution in [1.29, 1.82) is 5.26 Å². The third-order valence-electron chi connectivity index (χ3n) is 5.23. The van der Waals surface area contributed by atoms with Gasteiger partial charge in [0.15, 0.2) is 0 Å². The number of carbonyl (C=O) groups excluding carboxylic acids is 1. The van der Waals surface area contributed by atoms with Gasteiger partial charge in [0.1, 0.15) is 18.5 Å². The number of hydrogen-bond acceptors (Lipinski definition) is 7. The van der Waals surface area contributed by atoms with Crippen molar-refractivity contribution >= 4 is 5.97 Å². The number of ether oxygens (including phenoxy) is 2. The molecule has 0 radical (unpaired) electrons. The normalized spacial score (nSPS) is 15.8. The van der Waals surface area contributed by atoms with E-state index in [9.17, 15) is 9.90 Å². The third-order valence-corrected chi connectivity index (χ3v) is 5.23. The van der Waals surface area contributed by atoms with Gasteiger partial charge in [0.2, 0.25) is 0 Å². The summed E-state index contributed by atoms with van der Waals surface area (Å²) >= 11 is 0. The van der Waals surface area contributed by atoms with E-state index in [0.717, 1.165) is 32.7 Å². The molecule has 1 N–H and O–H groups in total. The Morgan fingerprint density at radius 3 is 2.32 bits per heavy atom. The molecule has 1 aliphatic heterocycles. The van der Waals surface area contributed by atoms with E-state index in [-0.39, 0.29) is 12.6 Å². The standard InChI is InChI=1S/C24H29N3O4/c1-2-30-24(29)21-7-9-23(10-8-21)31-18-22(28)17-27-13-11-26(12-14-27)16-20-5-3-19(15-25)4-6-20/h3-10,22,28H,2,11-14,16-18H2,1H3. The largest absolute Gasteiger partial charge is 0.491 e. The van der Waals surface area contributed by atoms with Crippen molar-refractivity contribution in [2.75, 3.05) is 45.9 Å². The summed E-state index contributed by atoms with van der Waals surface area (Å²) in [5.41, 5.74) is 2.36. The minimum Gasteiger partial charge on any atom is -0.491 e. The summed E-state index contributed by atoms with van der Waals surface area (Å²) in [5, 5.41) is 19.2. The molecular weight excluding hydrogens is 394 g/mol. The van der Waals surface area contributed by atoms with E-state index in [2.05, 4.69) is 15.9 Å². The summed E-state index contributed by atoms with van der Waals surface area (Å²) in [4.78, 5) is 16.3. The van der Waals surface area contributed by atoms with Crippen LogP contribution in [0.3, 0.4) is 0 Å². The maximum Gasteiger partial charge on any atom is 0.338 e. The van der Waals surface area contributed by atoms with Gasteiger partial charge in [0.05, 0.1) is 23.8 Å². The molecule has 31 heavy (non-hydrogen) atoms. The zero-order valence-corrected chi connectivity index (χ0v) is 17.9. The number of hydrogen-bond donors (Lipinski definition) is 1. The highest BCUT2D eigenvalue weighted by Crippen LogP contribution is 2.14. The van der Waals surface area contributed by atoms with Crippen LogP contribution in [-0.4, -0.2) is 72.9 Å². The Kier molecular flexibility index (Phi) is 8.42. The van der Waals surface area contributed by atoms with Crippen molar-refractivity contribution in [2.45, 2.75) is 19.6 Å². The molecule has 1 fully saturated rings. The Bertz CT molecular complexity index is 869. The maximum atomic E-state index is 11.7. The number of esters is 1. The SMILES string of the molecule is CCOC(=O)c1ccc(OCC(O)CN2CCN(Cc3ccc(C#N)cc3)CC2)cc1. The molecule has 164 valence electrons. The van der Waals surface area contributed by atoms with E-state index >= 15 is 0 Å². The summed E-state index contributed by atoms with van der Waals surface area (Å²) in [6.07, 6.45) is -0.588. The van der Waals surface area contributed by atoms with Crippen LogP contribution in [-0.2, 0) is 11.3 Å². The van der Waals surface area contributed by atoms with Gasteiger partial charge in [-0.1, -0.05) is 12.1 Å². The molecule has 0 saturated carbocycles. The van der Waals surface area contributed by atoms with Gasteiger partial charge >= 0.3 is 5.97 Å². The first-order chi connectivity index (χ1) is 15.1. The van der Waals surface area contributed by atoms with Gasteiger partial charge in [-0.05, 0) is 48.9 Å². The second kappa shape index (κ2) is 11.5. The highest BCUT2D eigenvalue weighted by atomic mass is 16.5. The first kappa shape index (κ1) is 22.8. The Balaban J connectivity index is 1.36. The quantitative estimate of drug-likeness (QED) is 0.620. The van der Waals surface area contributed by atoms with Crippen LogP contribution in [0.5, 0.6) is 5.75 Å². The molecule has 2 aromatic rings. The van der Waals surface area contributed by atoms with Gasteiger partial charge in [-0.25, -0.2) is 4.79 Å². The molecule has 1 aliphatic rings. The lowest BCUT2D eigenvalue weighted by Crippen LogP contribution is -2.48. The molecule has 0 amide bonds. The topological polar surface area (TPSA) is 86.0 Å². The summed E-state index contributed by atoms with van der Waals surface area (Å²) < 4.78 is 10.6. The number of benzene rings is 2. The fourth-order valence-corrected chi connectivity index (χ4v) is 3.52. The molecule has 7 nitrogen and oxygen atoms in total. The fourth-order valence-electron chi connectivity index (χ4n) is 3.52. The molecule has 0 aromatic heterocycles. The molecule has 1 heterocycles. The molecule has 0 bridgehead atoms. The first-order valence-electron chi connectivity index (χ1n) is 10.6. The van der Waals surface area contributed by atoms with Crippen LogP contribution >= 0.6 is 0 Å². The number of piperazine rings is 1. The highest BCUT2D eigenvalue weighted by molar-refractivity contribution is 5.89. The van der Waals surface area contributed by atoms with Gasteiger partial charge in [-0.3, -0.25) is 9.80 Å². The van der Waals surface area contributed by atoms with E-state index in [4.69, 9.17) is 14.7 Å². The van der Waals surface area contributed by atoms with Crippen LogP contribution < -0.4 is 4.74 Å². The average Bonchev–Trinajstić information content (AvgIpc) is 2.80. The number of β-amino-alcohol motifs (C(OH)–C–C–N with tert-alkyl or cyclic N) is 1. The summed E-state index contributed by atoms with van der Waals surface area (Å²) in [5.74, 6) is 0.256. The summed E-state index contributed by atoms with van der Waals surface area (Å²) in [7, 11) is 0. The monoisotopic (exact) mass is 423 g/mol. The molecule has 7 heteroatoms. The third kappa shape index (κ3) is 7.07. The fraction of sp³-hybridized carbons (Fsp3) is 0.417. The van der Waals surface area contributed by atoms with Crippen LogP contribution in [0.4, 0.5) is 0 Å². The molecular formula is C24H29N3O4. The van der Waals surface area contributed by atoms with Gasteiger partial charge < -0.3 is 14.6 Å². The maximum absolute atomic E-state index is 11.7. The minimum absolute atomic E-state index is 0.199. The zero-order chi connectivity index (χ0) is 22.1. The van der Waals surface area contributed by atoms with E-state index < -0.39 is 6.10 Å². The van der Waals surface area contributed by atoms with Crippen molar-refractivity contribution < 1.29 is 19.4 Å². The summed E-state index contributed by atoms with van der Waals surface area (Å²) in [6, 6.07) is 16.6. The van der Waals surface area contributed by atoms with E-state index in [1.807, 2.05) is 24.3 Å². The van der Waals surface area contributed by atoms with Crippen LogP contribution in [0, 0.1) is 11.3 Å². The van der Waals surface area contributed by atoms with Crippen molar-refractivity contribution in [1.82, 2.24) is 9.80 Å². The lowest BCUT2D eigenvalue weighted by atomic mass is 10.1. The smallest absolute Gasteiger partial charge is 0.338 e. The Labute approximate surface area is 183 Å². The first-order valence-corrected chi connectivity index (χ1v) is 10.6. The number of nitrogens with zero attached hydrogens (tertiary/aromatic N) is 3. The predicted octanol–water partition coefficient (Wildman–Crippen LogP) is 2.29. The second-order valence-corrected chi connectivity index (χ2v) is 7.60. The van der Waals surface area contributed by atoms with Crippen molar-refractivity contribution in [3.63, 3.8) is 0 Å². The average molecular weight is 424 g/mol. The lowest BCUT2D eigenvalue weighted by Gasteiger charge is -2.35. The number of nitriles is 1. The second-order valence-electron chi connectivity index (χ2n) is 7.60. The number of rotatable bonds is 9. The molecule has 1 saturated heterocycles. The van der Waals surface area contributed by atoms with E-state index in [1.54, 1.807) is 31.2 Å². The Hall–Kier alpha value is -2.92. The minimum atomic E-state index is -0.588. The van der Waals surface area contributed by atoms with Gasteiger partial charge in [0, 0.05) is 39.3 Å². The lowest BCUT2D eigenvalue weighted by molar-refractivity contribution is 0.0445. The Morgan fingerprint density at radius 1 is 1.06 bits per heavy atom. The predicted molar refractivity (Wildman–Crippen MR) is 117 cm³/mol. The highest BCUT2D eigenvalue weighted by Gasteiger charge is 2.19. The van der Waals surface area contributed by atoms with E-state index in [0.29, 0.717) is 30.0 Å². The van der Waals surface area contributed by atoms with Crippen LogP contribution in [0.15, 0.2) is 48.5 Å². The summed E-state index contributed by atoms with van der Waals surface area (Å²) in [6.45, 7) is 7.39. The zero-order valence-electron chi connectivity index (χ0n) is 17.9. The molecule has 3 rings (SSSR count). The van der Waals surface area contributed by atoms with Gasteiger partial charge in [0.25, 0.3) is 0 Å². The van der Waals surface area contributed by atoms with Crippen LogP contribution in [0.2, 0.25) is 0 Å². The number of aliphatic hydroxyl groups excluding tert-OH is 1. The molecule has 0 aliphatic carbocycles. The van der Waals surface area contributed by atoms with Crippen molar-refractivity contribution in [2.24, 2.45) is 0 Å². The van der Waals surface area contributed by atoms with Crippen molar-refractivity contribution in [3.8, 4) is 11.8 Å². The number of aliphatic hydroxyl groups is 1. The molecule has 1 unspecified atom stereocenters. The van der Waals surface area contributed by atoms with Crippen LogP contribution in [0.25, 0.3) is 0 Å². The van der Waals surface area contributed by atoms with Crippen molar-refractivity contribution in [3.05, 3.63) is 65.2 Å². The number of carbonyl (C=O) groups is 1. The van der Waals surface area contributed by atoms with Gasteiger partial charge in [-0.15, -0.1) is 0 Å². The van der Waals surface area contributed by atoms with Crippen LogP contribution in [0.1, 0.15) is 28.4 Å². The van der Waals surface area contributed by atoms with E-state index in [1.165, 1.54) is 5.56 Å². The molecule has 2 aromatic carbocycles. The van der Waals surface area contributed by atoms with Gasteiger partial charge in [-0.2, -0.15) is 5.26 Å². The molecule has 1 atom stereocenters. The Morgan fingerprint density at radius 2 is 1.71 bits per heavy atom. The molecule has 0 spiro atoms.